The summed E-state index contributed by atoms with van der Waals surface area (Å²) in [6.07, 6.45) is 3.86. The summed E-state index contributed by atoms with van der Waals surface area (Å²) in [7, 11) is 0. The third-order valence-electron chi connectivity index (χ3n) is 4.94. The number of fused-ring (bicyclic) bond motifs is 2. The van der Waals surface area contributed by atoms with Crippen molar-refractivity contribution in [2.24, 2.45) is 5.92 Å². The molecule has 0 aliphatic heterocycles. The Balaban J connectivity index is 1.59. The molecule has 0 unspecified atom stereocenters. The Morgan fingerprint density at radius 3 is 2.93 bits per heavy atom. The molecule has 5 rings (SSSR count). The van der Waals surface area contributed by atoms with Gasteiger partial charge in [-0.15, -0.1) is 0 Å². The molecule has 7 nitrogen and oxygen atoms in total. The van der Waals surface area contributed by atoms with Gasteiger partial charge < -0.3 is 9.72 Å². The normalized spacial score (nSPS) is 18.1. The third-order valence-corrected chi connectivity index (χ3v) is 5.30. The summed E-state index contributed by atoms with van der Waals surface area (Å²) >= 11 is 6.24. The molecular formula is C19H11ClF2N6O. The van der Waals surface area contributed by atoms with Crippen LogP contribution in [0, 0.1) is 23.1 Å². The van der Waals surface area contributed by atoms with E-state index in [0.717, 1.165) is 0 Å². The molecule has 1 fully saturated rings. The van der Waals surface area contributed by atoms with Gasteiger partial charge in [0.05, 0.1) is 28.9 Å². The number of hydrogen-bond acceptors (Lipinski definition) is 4. The smallest absolute Gasteiger partial charge is 0.231 e. The van der Waals surface area contributed by atoms with Crippen LogP contribution in [0.4, 0.5) is 14.6 Å². The second-order valence-corrected chi connectivity index (χ2v) is 7.18. The first-order valence-corrected chi connectivity index (χ1v) is 9.04. The van der Waals surface area contributed by atoms with Crippen LogP contribution in [-0.4, -0.2) is 31.7 Å². The van der Waals surface area contributed by atoms with Gasteiger partial charge in [0.2, 0.25) is 5.91 Å². The lowest BCUT2D eigenvalue weighted by molar-refractivity contribution is -0.117. The fourth-order valence-corrected chi connectivity index (χ4v) is 3.66. The minimum Gasteiger partial charge on any atom is -0.309 e. The van der Waals surface area contributed by atoms with Crippen LogP contribution < -0.4 is 5.32 Å². The predicted molar refractivity (Wildman–Crippen MR) is 102 cm³/mol. The van der Waals surface area contributed by atoms with Crippen molar-refractivity contribution in [3.05, 3.63) is 47.1 Å². The highest BCUT2D eigenvalue weighted by molar-refractivity contribution is 6.35. The van der Waals surface area contributed by atoms with E-state index >= 15 is 0 Å². The fourth-order valence-electron chi connectivity index (χ4n) is 3.36. The first kappa shape index (κ1) is 17.6. The maximum atomic E-state index is 14.6. The van der Waals surface area contributed by atoms with Crippen molar-refractivity contribution in [2.75, 3.05) is 5.32 Å². The zero-order valence-electron chi connectivity index (χ0n) is 14.6. The number of pyridine rings is 1. The van der Waals surface area contributed by atoms with Gasteiger partial charge in [0.1, 0.15) is 23.5 Å². The molecule has 1 aliphatic carbocycles. The van der Waals surface area contributed by atoms with Crippen LogP contribution in [0.25, 0.3) is 27.7 Å². The number of amides is 1. The molecule has 2 N–H and O–H groups in total. The number of carbonyl (C=O) groups excluding carboxylic acids is 1. The van der Waals surface area contributed by atoms with Gasteiger partial charge in [-0.25, -0.2) is 13.8 Å². The van der Waals surface area contributed by atoms with Crippen molar-refractivity contribution in [1.29, 1.82) is 5.26 Å². The van der Waals surface area contributed by atoms with Gasteiger partial charge in [-0.3, -0.25) is 9.89 Å². The summed E-state index contributed by atoms with van der Waals surface area (Å²) in [5.41, 5.74) is 1.54. The number of nitrogens with zero attached hydrogens (tertiary/aromatic N) is 4. The van der Waals surface area contributed by atoms with E-state index in [1.165, 1.54) is 6.20 Å². The highest BCUT2D eigenvalue weighted by atomic mass is 35.5. The van der Waals surface area contributed by atoms with Crippen molar-refractivity contribution >= 4 is 39.9 Å². The van der Waals surface area contributed by atoms with Crippen LogP contribution in [-0.2, 0) is 4.79 Å². The highest BCUT2D eigenvalue weighted by Gasteiger charge is 2.43. The maximum absolute atomic E-state index is 14.6. The van der Waals surface area contributed by atoms with E-state index in [0.29, 0.717) is 22.2 Å². The number of H-pyrrole nitrogens is 1. The number of aromatic nitrogens is 4. The number of halogens is 3. The molecule has 144 valence electrons. The van der Waals surface area contributed by atoms with Crippen molar-refractivity contribution in [2.45, 2.75) is 12.6 Å². The van der Waals surface area contributed by atoms with Gasteiger partial charge in [0.25, 0.3) is 0 Å². The average molecular weight is 413 g/mol. The number of aromatic amines is 1. The molecule has 10 heteroatoms. The molecule has 29 heavy (non-hydrogen) atoms. The molecule has 1 aromatic carbocycles. The summed E-state index contributed by atoms with van der Waals surface area (Å²) in [5, 5.41) is 18.7. The number of nitriles is 1. The van der Waals surface area contributed by atoms with E-state index in [-0.39, 0.29) is 28.3 Å². The fraction of sp³-hybridized carbons (Fsp3) is 0.158. The van der Waals surface area contributed by atoms with E-state index in [9.17, 15) is 18.8 Å². The Kier molecular flexibility index (Phi) is 3.79. The van der Waals surface area contributed by atoms with Gasteiger partial charge in [0.15, 0.2) is 11.6 Å². The molecular weight excluding hydrogens is 402 g/mol. The van der Waals surface area contributed by atoms with Crippen LogP contribution in [0.15, 0.2) is 30.7 Å². The van der Waals surface area contributed by atoms with E-state index in [1.807, 2.05) is 0 Å². The maximum Gasteiger partial charge on any atom is 0.231 e. The van der Waals surface area contributed by atoms with Crippen molar-refractivity contribution < 1.29 is 13.6 Å². The van der Waals surface area contributed by atoms with Crippen molar-refractivity contribution in [1.82, 2.24) is 19.6 Å². The predicted octanol–water partition coefficient (Wildman–Crippen LogP) is 3.84. The number of carbonyl (C=O) groups is 1. The minimum absolute atomic E-state index is 0.189. The number of anilines is 1. The lowest BCUT2D eigenvalue weighted by Crippen LogP contribution is -2.15. The Morgan fingerprint density at radius 2 is 2.21 bits per heavy atom. The first-order valence-electron chi connectivity index (χ1n) is 8.66. The van der Waals surface area contributed by atoms with E-state index in [1.54, 1.807) is 35.0 Å². The zero-order valence-corrected chi connectivity index (χ0v) is 15.3. The molecule has 3 heterocycles. The second-order valence-electron chi connectivity index (χ2n) is 6.81. The van der Waals surface area contributed by atoms with Gasteiger partial charge in [-0.05, 0) is 18.6 Å². The monoisotopic (exact) mass is 412 g/mol. The SMILES string of the molecule is N#Cc1c(F)c(Cl)c(-c2ccc3nc(NC(=O)[C@@H]4C[C@@H]4F)cn3c2)c2cn[nH]c12. The minimum atomic E-state index is -1.09. The lowest BCUT2D eigenvalue weighted by atomic mass is 10.00. The number of rotatable bonds is 3. The standard InChI is InChI=1S/C19H11ClF2N6O/c20-16-15(11-5-24-27-18(11)10(4-23)17(16)22)8-1-2-14-25-13(7-28(14)6-8)26-19(29)9-3-12(9)21/h1-2,5-7,9,12H,3H2,(H,24,27)(H,26,29)/t9-,12+/m1/s1. The molecule has 1 saturated carbocycles. The Bertz CT molecular complexity index is 1350. The molecule has 0 bridgehead atoms. The van der Waals surface area contributed by atoms with Gasteiger partial charge in [-0.1, -0.05) is 11.6 Å². The number of benzene rings is 1. The van der Waals surface area contributed by atoms with E-state index in [2.05, 4.69) is 20.5 Å². The molecule has 3 aromatic heterocycles. The third kappa shape index (κ3) is 2.72. The quantitative estimate of drug-likeness (QED) is 0.534. The van der Waals surface area contributed by atoms with Crippen molar-refractivity contribution in [3.63, 3.8) is 0 Å². The summed E-state index contributed by atoms with van der Waals surface area (Å²) in [6.45, 7) is 0. The number of imidazole rings is 1. The highest BCUT2D eigenvalue weighted by Crippen LogP contribution is 2.39. The number of alkyl halides is 1. The summed E-state index contributed by atoms with van der Waals surface area (Å²) in [5.74, 6) is -1.56. The van der Waals surface area contributed by atoms with Crippen LogP contribution in [0.3, 0.4) is 0 Å². The van der Waals surface area contributed by atoms with Crippen LogP contribution >= 0.6 is 11.6 Å². The average Bonchev–Trinajstić information content (AvgIpc) is 3.08. The molecule has 0 radical (unpaired) electrons. The number of hydrogen-bond donors (Lipinski definition) is 2. The van der Waals surface area contributed by atoms with E-state index in [4.69, 9.17) is 11.6 Å². The van der Waals surface area contributed by atoms with Crippen LogP contribution in [0.1, 0.15) is 12.0 Å². The first-order chi connectivity index (χ1) is 14.0. The van der Waals surface area contributed by atoms with Crippen LogP contribution in [0.5, 0.6) is 0 Å². The molecule has 2 atom stereocenters. The van der Waals surface area contributed by atoms with Gasteiger partial charge in [0, 0.05) is 22.7 Å². The molecule has 1 aliphatic rings. The van der Waals surface area contributed by atoms with E-state index < -0.39 is 23.8 Å². The molecule has 0 spiro atoms. The van der Waals surface area contributed by atoms with Crippen molar-refractivity contribution in [3.8, 4) is 17.2 Å². The largest absolute Gasteiger partial charge is 0.309 e. The Labute approximate surface area is 166 Å². The topological polar surface area (TPSA) is 98.9 Å². The second kappa shape index (κ2) is 6.25. The molecule has 0 saturated heterocycles. The summed E-state index contributed by atoms with van der Waals surface area (Å²) in [4.78, 5) is 16.2. The summed E-state index contributed by atoms with van der Waals surface area (Å²) in [6, 6.07) is 5.18. The van der Waals surface area contributed by atoms with Gasteiger partial charge in [-0.2, -0.15) is 10.4 Å². The number of nitrogens with one attached hydrogen (secondary N) is 2. The Hall–Kier alpha value is -3.51. The lowest BCUT2D eigenvalue weighted by Gasteiger charge is -2.09. The zero-order chi connectivity index (χ0) is 20.3. The summed E-state index contributed by atoms with van der Waals surface area (Å²) < 4.78 is 29.3. The van der Waals surface area contributed by atoms with Gasteiger partial charge >= 0.3 is 0 Å². The molecule has 4 aromatic rings. The van der Waals surface area contributed by atoms with Crippen LogP contribution in [0.2, 0.25) is 5.02 Å². The Morgan fingerprint density at radius 1 is 1.41 bits per heavy atom. The molecule has 1 amide bonds.